The maximum Gasteiger partial charge on any atom is 0.488 e. The molecule has 2 fully saturated rings. The van der Waals surface area contributed by atoms with Crippen LogP contribution in [0.3, 0.4) is 0 Å². The van der Waals surface area contributed by atoms with Crippen LogP contribution in [0.25, 0.3) is 16.0 Å². The number of aromatic nitrogens is 4. The van der Waals surface area contributed by atoms with Gasteiger partial charge in [-0.15, -0.1) is 0 Å². The Kier molecular flexibility index (Phi) is 5.17. The number of nitrogens with zero attached hydrogens (tertiary/aromatic N) is 4. The number of nitrogens with two attached hydrogens (primary N) is 1. The highest BCUT2D eigenvalue weighted by atomic mass is 79.9. The van der Waals surface area contributed by atoms with E-state index in [9.17, 15) is 9.90 Å². The van der Waals surface area contributed by atoms with Crippen LogP contribution in [0.1, 0.15) is 6.23 Å². The van der Waals surface area contributed by atoms with Crippen LogP contribution in [0.4, 0.5) is 5.95 Å². The molecule has 146 valence electrons. The molecular formula is C13H14BBrN6O6P+. The Bertz CT molecular complexity index is 1010. The van der Waals surface area contributed by atoms with Crippen molar-refractivity contribution in [1.82, 2.24) is 19.5 Å². The lowest BCUT2D eigenvalue weighted by Crippen LogP contribution is -2.41. The minimum atomic E-state index is -3.19. The zero-order chi connectivity index (χ0) is 20.1. The van der Waals surface area contributed by atoms with Gasteiger partial charge in [0.15, 0.2) is 34.8 Å². The van der Waals surface area contributed by atoms with Crippen LogP contribution in [0.5, 0.6) is 0 Å². The molecule has 2 unspecified atom stereocenters. The van der Waals surface area contributed by atoms with Crippen LogP contribution in [0, 0.1) is 6.57 Å². The Hall–Kier alpha value is -1.59. The summed E-state index contributed by atoms with van der Waals surface area (Å²) in [6, 6.07) is 0. The Labute approximate surface area is 168 Å². The van der Waals surface area contributed by atoms with Crippen molar-refractivity contribution in [3.8, 4) is 0 Å². The van der Waals surface area contributed by atoms with Gasteiger partial charge in [0.1, 0.15) is 18.8 Å². The highest BCUT2D eigenvalue weighted by Crippen LogP contribution is 2.63. The Morgan fingerprint density at radius 2 is 2.36 bits per heavy atom. The SMILES string of the molecule is [B][P+]1(OCC[N+]#[C-])OC[C@H]2O[C@@H](n3c(Br)nc4c(=O)[nH]c(N)nc43)C(O)[C@@H]2O1. The van der Waals surface area contributed by atoms with Crippen LogP contribution < -0.4 is 11.3 Å². The van der Waals surface area contributed by atoms with E-state index in [4.69, 9.17) is 38.2 Å². The molecule has 0 saturated carbocycles. The van der Waals surface area contributed by atoms with Crippen molar-refractivity contribution in [2.45, 2.75) is 24.5 Å². The third-order valence-electron chi connectivity index (χ3n) is 4.25. The molecule has 2 aliphatic rings. The van der Waals surface area contributed by atoms with Gasteiger partial charge in [-0.05, 0) is 15.9 Å². The third kappa shape index (κ3) is 3.33. The molecule has 4 N–H and O–H groups in total. The Morgan fingerprint density at radius 3 is 3.11 bits per heavy atom. The molecule has 2 aliphatic heterocycles. The van der Waals surface area contributed by atoms with Crippen molar-refractivity contribution in [1.29, 1.82) is 0 Å². The fourth-order valence-electron chi connectivity index (χ4n) is 3.06. The summed E-state index contributed by atoms with van der Waals surface area (Å²) in [5.41, 5.74) is 5.28. The first kappa shape index (κ1) is 19.7. The van der Waals surface area contributed by atoms with Gasteiger partial charge in [0.25, 0.3) is 5.56 Å². The predicted molar refractivity (Wildman–Crippen MR) is 101 cm³/mol. The molecule has 2 aromatic rings. The summed E-state index contributed by atoms with van der Waals surface area (Å²) in [5.74, 6) is -0.101. The van der Waals surface area contributed by atoms with E-state index in [-0.39, 0.29) is 41.6 Å². The molecule has 4 heterocycles. The first-order chi connectivity index (χ1) is 13.3. The first-order valence-electron chi connectivity index (χ1n) is 8.08. The second-order valence-electron chi connectivity index (χ2n) is 6.05. The van der Waals surface area contributed by atoms with E-state index in [1.54, 1.807) is 0 Å². The number of ether oxygens (including phenoxy) is 1. The number of H-pyrrole nitrogens is 1. The number of aromatic amines is 1. The molecule has 0 spiro atoms. The average molecular weight is 472 g/mol. The first-order valence-corrected chi connectivity index (χ1v) is 10.5. The van der Waals surface area contributed by atoms with Crippen LogP contribution in [0.15, 0.2) is 9.53 Å². The summed E-state index contributed by atoms with van der Waals surface area (Å²) in [6.07, 6.45) is -3.64. The number of aliphatic hydroxyl groups is 1. The van der Waals surface area contributed by atoms with Crippen LogP contribution in [0.2, 0.25) is 0 Å². The zero-order valence-corrected chi connectivity index (χ0v) is 16.7. The van der Waals surface area contributed by atoms with Gasteiger partial charge in [0.05, 0.1) is 0 Å². The van der Waals surface area contributed by atoms with Gasteiger partial charge in [-0.3, -0.25) is 14.3 Å². The number of halogens is 1. The number of hydrogen-bond acceptors (Lipinski definition) is 9. The molecular weight excluding hydrogens is 458 g/mol. The molecule has 15 heteroatoms. The van der Waals surface area contributed by atoms with Gasteiger partial charge < -0.3 is 20.4 Å². The van der Waals surface area contributed by atoms with Gasteiger partial charge in [-0.2, -0.15) is 18.6 Å². The fourth-order valence-corrected chi connectivity index (χ4v) is 5.09. The minimum Gasteiger partial charge on any atom is -0.385 e. The second kappa shape index (κ2) is 7.35. The van der Waals surface area contributed by atoms with Gasteiger partial charge in [-0.25, -0.2) is 11.6 Å². The van der Waals surface area contributed by atoms with E-state index < -0.39 is 37.9 Å². The predicted octanol–water partition coefficient (Wildman–Crippen LogP) is -0.0800. The fraction of sp³-hybridized carbons (Fsp3) is 0.538. The quantitative estimate of drug-likeness (QED) is 0.183. The van der Waals surface area contributed by atoms with E-state index in [1.165, 1.54) is 4.57 Å². The van der Waals surface area contributed by atoms with Crippen LogP contribution >= 0.6 is 23.8 Å². The standard InChI is InChI=1S/C13H14BBrN6O6P/c1-17-2-3-24-28(14)25-4-5-8(27-28)7(22)11(26-5)21-9-6(18-12(21)15)10(23)20-13(16)19-9/h5,7-8,11,22H,2-4H2,(H3,16,19,20,23)/q+1/t5-,7?,8-,11-,28?/m1/s1. The van der Waals surface area contributed by atoms with E-state index in [0.717, 1.165) is 0 Å². The van der Waals surface area contributed by atoms with Crippen molar-refractivity contribution < 1.29 is 23.4 Å². The lowest BCUT2D eigenvalue weighted by molar-refractivity contribution is -0.0635. The molecule has 2 saturated heterocycles. The normalized spacial score (nSPS) is 32.3. The van der Waals surface area contributed by atoms with Gasteiger partial charge in [0.2, 0.25) is 12.5 Å². The van der Waals surface area contributed by atoms with Crippen molar-refractivity contribution in [2.75, 3.05) is 25.5 Å². The molecule has 5 atom stereocenters. The molecule has 28 heavy (non-hydrogen) atoms. The van der Waals surface area contributed by atoms with Crippen molar-refractivity contribution in [3.63, 3.8) is 0 Å². The number of anilines is 1. The number of nitrogens with one attached hydrogen (secondary N) is 1. The lowest BCUT2D eigenvalue weighted by Gasteiger charge is -2.30. The van der Waals surface area contributed by atoms with Crippen LogP contribution in [-0.4, -0.2) is 70.3 Å². The number of fused-ring (bicyclic) bond motifs is 2. The second-order valence-corrected chi connectivity index (χ2v) is 8.57. The Balaban J connectivity index is 1.63. The highest BCUT2D eigenvalue weighted by molar-refractivity contribution is 9.10. The molecule has 0 aromatic carbocycles. The summed E-state index contributed by atoms with van der Waals surface area (Å²) >= 11 is 3.25. The van der Waals surface area contributed by atoms with Crippen molar-refractivity contribution >= 4 is 48.4 Å². The third-order valence-corrected chi connectivity index (χ3v) is 6.40. The maximum atomic E-state index is 12.1. The zero-order valence-electron chi connectivity index (χ0n) is 14.2. The molecule has 2 radical (unpaired) electrons. The van der Waals surface area contributed by atoms with E-state index >= 15 is 0 Å². The summed E-state index contributed by atoms with van der Waals surface area (Å²) in [4.78, 5) is 25.8. The monoisotopic (exact) mass is 471 g/mol. The van der Waals surface area contributed by atoms with Gasteiger partial charge in [-0.1, -0.05) is 0 Å². The summed E-state index contributed by atoms with van der Waals surface area (Å²) in [7, 11) is 2.82. The number of imidazole rings is 1. The minimum absolute atomic E-state index is 0.0287. The summed E-state index contributed by atoms with van der Waals surface area (Å²) in [5, 5.41) is 10.8. The molecule has 0 amide bonds. The average Bonchev–Trinajstić information content (AvgIpc) is 3.12. The maximum absolute atomic E-state index is 12.1. The van der Waals surface area contributed by atoms with E-state index in [2.05, 4.69) is 35.7 Å². The smallest absolute Gasteiger partial charge is 0.385 e. The number of hydrogen-bond donors (Lipinski definition) is 3. The molecule has 4 rings (SSSR count). The molecule has 0 aliphatic carbocycles. The molecule has 0 bridgehead atoms. The number of rotatable bonds is 4. The topological polar surface area (TPSA) is 151 Å². The summed E-state index contributed by atoms with van der Waals surface area (Å²) in [6.45, 7) is 6.97. The van der Waals surface area contributed by atoms with Crippen molar-refractivity contribution in [2.24, 2.45) is 0 Å². The van der Waals surface area contributed by atoms with Gasteiger partial charge in [0, 0.05) is 0 Å². The summed E-state index contributed by atoms with van der Waals surface area (Å²) < 4.78 is 24.0. The van der Waals surface area contributed by atoms with Gasteiger partial charge >= 0.3 is 15.4 Å². The lowest BCUT2D eigenvalue weighted by atomic mass is 10.1. The van der Waals surface area contributed by atoms with E-state index in [0.29, 0.717) is 0 Å². The van der Waals surface area contributed by atoms with Crippen molar-refractivity contribution in [3.05, 3.63) is 26.5 Å². The number of nitrogen functional groups attached to an aromatic ring is 1. The largest absolute Gasteiger partial charge is 0.488 e. The Morgan fingerprint density at radius 1 is 1.57 bits per heavy atom. The van der Waals surface area contributed by atoms with Crippen LogP contribution in [-0.2, 0) is 18.3 Å². The number of aliphatic hydroxyl groups excluding tert-OH is 1. The van der Waals surface area contributed by atoms with E-state index in [1.807, 2.05) is 0 Å². The molecule has 2 aromatic heterocycles. The molecule has 12 nitrogen and oxygen atoms in total. The highest BCUT2D eigenvalue weighted by Gasteiger charge is 2.58.